The Morgan fingerprint density at radius 1 is 1.15 bits per heavy atom. The largest absolute Gasteiger partial charge is 0.485 e. The fourth-order valence-electron chi connectivity index (χ4n) is 2.76. The molecule has 1 aliphatic heterocycles. The quantitative estimate of drug-likeness (QED) is 0.843. The van der Waals surface area contributed by atoms with Crippen LogP contribution in [0.3, 0.4) is 0 Å². The molecule has 0 atom stereocenters. The molecular formula is C15H16O5. The average Bonchev–Trinajstić information content (AvgIpc) is 2.79. The van der Waals surface area contributed by atoms with E-state index in [4.69, 9.17) is 13.6 Å². The molecule has 0 saturated carbocycles. The molecule has 0 unspecified atom stereocenters. The maximum Gasteiger partial charge on any atom is 0.350 e. The number of hydrogen-bond acceptors (Lipinski definition) is 5. The Morgan fingerprint density at radius 2 is 1.85 bits per heavy atom. The first-order chi connectivity index (χ1) is 9.49. The van der Waals surface area contributed by atoms with E-state index in [0.29, 0.717) is 23.5 Å². The van der Waals surface area contributed by atoms with Crippen molar-refractivity contribution in [1.29, 1.82) is 0 Å². The van der Waals surface area contributed by atoms with Crippen molar-refractivity contribution in [3.8, 4) is 5.75 Å². The van der Waals surface area contributed by atoms with Crippen LogP contribution >= 0.6 is 0 Å². The summed E-state index contributed by atoms with van der Waals surface area (Å²) < 4.78 is 16.3. The monoisotopic (exact) mass is 276 g/mol. The van der Waals surface area contributed by atoms with Crippen LogP contribution < -0.4 is 16.0 Å². The summed E-state index contributed by atoms with van der Waals surface area (Å²) in [6.45, 7) is 5.65. The van der Waals surface area contributed by atoms with Crippen molar-refractivity contribution in [3.63, 3.8) is 0 Å². The minimum absolute atomic E-state index is 0.227. The minimum Gasteiger partial charge on any atom is -0.485 e. The van der Waals surface area contributed by atoms with E-state index in [-0.39, 0.29) is 11.0 Å². The lowest BCUT2D eigenvalue weighted by Crippen LogP contribution is -2.32. The van der Waals surface area contributed by atoms with Gasteiger partial charge in [-0.05, 0) is 19.8 Å². The van der Waals surface area contributed by atoms with Crippen molar-refractivity contribution in [2.75, 3.05) is 0 Å². The maximum atomic E-state index is 12.1. The highest BCUT2D eigenvalue weighted by Gasteiger charge is 2.40. The van der Waals surface area contributed by atoms with Gasteiger partial charge >= 0.3 is 11.3 Å². The van der Waals surface area contributed by atoms with Gasteiger partial charge in [0.05, 0.1) is 5.56 Å². The van der Waals surface area contributed by atoms with Gasteiger partial charge in [0.15, 0.2) is 5.58 Å². The zero-order valence-corrected chi connectivity index (χ0v) is 11.7. The molecule has 5 heteroatoms. The molecule has 0 aromatic carbocycles. The fourth-order valence-corrected chi connectivity index (χ4v) is 2.76. The van der Waals surface area contributed by atoms with Crippen LogP contribution in [0.2, 0.25) is 0 Å². The second kappa shape index (κ2) is 4.23. The zero-order chi connectivity index (χ0) is 14.5. The van der Waals surface area contributed by atoms with E-state index in [1.54, 1.807) is 13.0 Å². The Hall–Kier alpha value is -2.04. The molecule has 20 heavy (non-hydrogen) atoms. The zero-order valence-electron chi connectivity index (χ0n) is 11.7. The highest BCUT2D eigenvalue weighted by molar-refractivity contribution is 5.84. The third kappa shape index (κ3) is 1.69. The summed E-state index contributed by atoms with van der Waals surface area (Å²) in [4.78, 5) is 24.1. The number of hydrogen-bond donors (Lipinski definition) is 0. The Balaban J connectivity index is 2.36. The van der Waals surface area contributed by atoms with E-state index in [1.165, 1.54) is 0 Å². The van der Waals surface area contributed by atoms with Crippen LogP contribution in [0.1, 0.15) is 38.0 Å². The van der Waals surface area contributed by atoms with Gasteiger partial charge in [-0.15, -0.1) is 0 Å². The maximum absolute atomic E-state index is 12.1. The van der Waals surface area contributed by atoms with Gasteiger partial charge in [0.25, 0.3) is 0 Å². The Labute approximate surface area is 115 Å². The third-order valence-corrected chi connectivity index (χ3v) is 4.09. The Kier molecular flexibility index (Phi) is 2.74. The summed E-state index contributed by atoms with van der Waals surface area (Å²) in [6.07, 6.45) is 1.99. The highest BCUT2D eigenvalue weighted by atomic mass is 16.5. The van der Waals surface area contributed by atoms with Crippen molar-refractivity contribution < 1.29 is 13.6 Å². The van der Waals surface area contributed by atoms with Crippen molar-refractivity contribution in [1.82, 2.24) is 0 Å². The van der Waals surface area contributed by atoms with E-state index in [0.717, 1.165) is 12.8 Å². The van der Waals surface area contributed by atoms with Crippen molar-refractivity contribution in [2.45, 2.75) is 45.6 Å². The van der Waals surface area contributed by atoms with Crippen LogP contribution in [0.25, 0.3) is 11.0 Å². The molecule has 3 rings (SSSR count). The first-order valence-corrected chi connectivity index (χ1v) is 6.79. The standard InChI is InChI=1S/C15H16O5/c1-4-15(5-2)7-9-12(20-15)11-10(19-13(9)16)6-8(3)18-14(11)17/h6H,4-5,7H2,1-3H3. The summed E-state index contributed by atoms with van der Waals surface area (Å²) in [6, 6.07) is 1.54. The average molecular weight is 276 g/mol. The SMILES string of the molecule is CCC1(CC)Cc2c(c3c(=O)oc(C)cc3oc2=O)O1. The molecule has 0 spiro atoms. The van der Waals surface area contributed by atoms with E-state index < -0.39 is 16.9 Å². The molecule has 0 saturated heterocycles. The van der Waals surface area contributed by atoms with Gasteiger partial charge in [-0.1, -0.05) is 13.8 Å². The van der Waals surface area contributed by atoms with Crippen molar-refractivity contribution in [3.05, 3.63) is 38.2 Å². The summed E-state index contributed by atoms with van der Waals surface area (Å²) >= 11 is 0. The van der Waals surface area contributed by atoms with E-state index in [2.05, 4.69) is 0 Å². The van der Waals surface area contributed by atoms with Crippen molar-refractivity contribution in [2.24, 2.45) is 0 Å². The van der Waals surface area contributed by atoms with Gasteiger partial charge < -0.3 is 13.6 Å². The highest BCUT2D eigenvalue weighted by Crippen LogP contribution is 2.40. The molecule has 0 fully saturated rings. The van der Waals surface area contributed by atoms with Gasteiger partial charge in [0.1, 0.15) is 22.5 Å². The number of aryl methyl sites for hydroxylation is 1. The molecule has 2 aromatic rings. The van der Waals surface area contributed by atoms with E-state index in [9.17, 15) is 9.59 Å². The first-order valence-electron chi connectivity index (χ1n) is 6.79. The molecular weight excluding hydrogens is 260 g/mol. The van der Waals surface area contributed by atoms with Crippen LogP contribution in [0.5, 0.6) is 5.75 Å². The molecule has 1 aliphatic rings. The van der Waals surface area contributed by atoms with Crippen LogP contribution in [0.4, 0.5) is 0 Å². The number of fused-ring (bicyclic) bond motifs is 3. The molecule has 0 radical (unpaired) electrons. The Morgan fingerprint density at radius 3 is 2.50 bits per heavy atom. The van der Waals surface area contributed by atoms with Crippen LogP contribution in [0, 0.1) is 6.92 Å². The summed E-state index contributed by atoms with van der Waals surface area (Å²) in [5.74, 6) is 0.745. The van der Waals surface area contributed by atoms with Gasteiger partial charge in [0.2, 0.25) is 0 Å². The predicted molar refractivity (Wildman–Crippen MR) is 73.4 cm³/mol. The lowest BCUT2D eigenvalue weighted by atomic mass is 9.92. The number of rotatable bonds is 2. The lowest BCUT2D eigenvalue weighted by molar-refractivity contribution is 0.0870. The van der Waals surface area contributed by atoms with Crippen LogP contribution in [-0.4, -0.2) is 5.60 Å². The van der Waals surface area contributed by atoms with Crippen LogP contribution in [0.15, 0.2) is 24.5 Å². The van der Waals surface area contributed by atoms with Gasteiger partial charge in [-0.2, -0.15) is 0 Å². The molecule has 106 valence electrons. The lowest BCUT2D eigenvalue weighted by Gasteiger charge is -2.25. The molecule has 0 aliphatic carbocycles. The molecule has 2 aromatic heterocycles. The second-order valence-corrected chi connectivity index (χ2v) is 5.25. The van der Waals surface area contributed by atoms with Crippen LogP contribution in [-0.2, 0) is 6.42 Å². The summed E-state index contributed by atoms with van der Waals surface area (Å²) in [5, 5.41) is 0.231. The van der Waals surface area contributed by atoms with Gasteiger partial charge in [-0.25, -0.2) is 9.59 Å². The second-order valence-electron chi connectivity index (χ2n) is 5.25. The van der Waals surface area contributed by atoms with E-state index >= 15 is 0 Å². The fraction of sp³-hybridized carbons (Fsp3) is 0.467. The smallest absolute Gasteiger partial charge is 0.350 e. The topological polar surface area (TPSA) is 69.7 Å². The molecule has 0 bridgehead atoms. The number of ether oxygens (including phenoxy) is 1. The van der Waals surface area contributed by atoms with Gasteiger partial charge in [0, 0.05) is 12.5 Å². The summed E-state index contributed by atoms with van der Waals surface area (Å²) in [5.41, 5.74) is -0.713. The van der Waals surface area contributed by atoms with Crippen molar-refractivity contribution >= 4 is 11.0 Å². The third-order valence-electron chi connectivity index (χ3n) is 4.09. The molecule has 0 amide bonds. The molecule has 0 N–H and O–H groups in total. The minimum atomic E-state index is -0.525. The normalized spacial score (nSPS) is 16.1. The first kappa shape index (κ1) is 13.0. The molecule has 5 nitrogen and oxygen atoms in total. The predicted octanol–water partition coefficient (Wildman–Crippen LogP) is 2.55. The summed E-state index contributed by atoms with van der Waals surface area (Å²) in [7, 11) is 0. The Bertz CT molecular complexity index is 792. The molecule has 3 heterocycles. The van der Waals surface area contributed by atoms with E-state index in [1.807, 2.05) is 13.8 Å². The van der Waals surface area contributed by atoms with Gasteiger partial charge in [-0.3, -0.25) is 0 Å².